The molecule has 23 heavy (non-hydrogen) atoms. The van der Waals surface area contributed by atoms with Crippen LogP contribution in [0.5, 0.6) is 0 Å². The highest BCUT2D eigenvalue weighted by Crippen LogP contribution is 2.10. The SMILES string of the molecule is Cc1ccc(-n2cc(C(=O)NCc3ccc(Cl)cc3)nn2)cc1. The van der Waals surface area contributed by atoms with Gasteiger partial charge in [-0.25, -0.2) is 4.68 Å². The number of hydrogen-bond acceptors (Lipinski definition) is 3. The Morgan fingerprint density at radius 3 is 2.52 bits per heavy atom. The largest absolute Gasteiger partial charge is 0.347 e. The molecule has 5 nitrogen and oxygen atoms in total. The van der Waals surface area contributed by atoms with Crippen molar-refractivity contribution < 1.29 is 4.79 Å². The maximum atomic E-state index is 12.1. The fourth-order valence-corrected chi connectivity index (χ4v) is 2.19. The van der Waals surface area contributed by atoms with Gasteiger partial charge in [-0.15, -0.1) is 5.10 Å². The minimum atomic E-state index is -0.265. The van der Waals surface area contributed by atoms with Gasteiger partial charge in [0, 0.05) is 11.6 Å². The van der Waals surface area contributed by atoms with Crippen LogP contribution in [0.2, 0.25) is 5.02 Å². The monoisotopic (exact) mass is 326 g/mol. The van der Waals surface area contributed by atoms with Crippen LogP contribution >= 0.6 is 11.6 Å². The molecule has 0 radical (unpaired) electrons. The van der Waals surface area contributed by atoms with Gasteiger partial charge >= 0.3 is 0 Å². The van der Waals surface area contributed by atoms with Crippen LogP contribution in [0.15, 0.2) is 54.7 Å². The van der Waals surface area contributed by atoms with Crippen LogP contribution in [-0.2, 0) is 6.54 Å². The van der Waals surface area contributed by atoms with E-state index in [1.165, 1.54) is 0 Å². The van der Waals surface area contributed by atoms with Gasteiger partial charge in [0.25, 0.3) is 5.91 Å². The fraction of sp³-hybridized carbons (Fsp3) is 0.118. The first kappa shape index (κ1) is 15.2. The Labute approximate surface area is 138 Å². The van der Waals surface area contributed by atoms with Crippen molar-refractivity contribution in [3.05, 3.63) is 76.6 Å². The van der Waals surface area contributed by atoms with E-state index in [0.717, 1.165) is 16.8 Å². The maximum Gasteiger partial charge on any atom is 0.273 e. The first-order valence-corrected chi connectivity index (χ1v) is 7.51. The summed E-state index contributed by atoms with van der Waals surface area (Å²) < 4.78 is 1.58. The molecular weight excluding hydrogens is 312 g/mol. The zero-order chi connectivity index (χ0) is 16.2. The van der Waals surface area contributed by atoms with Gasteiger partial charge < -0.3 is 5.32 Å². The molecule has 2 aromatic carbocycles. The lowest BCUT2D eigenvalue weighted by atomic mass is 10.2. The highest BCUT2D eigenvalue weighted by Gasteiger charge is 2.11. The Morgan fingerprint density at radius 1 is 1.13 bits per heavy atom. The molecule has 3 rings (SSSR count). The van der Waals surface area contributed by atoms with Crippen LogP contribution in [0.25, 0.3) is 5.69 Å². The summed E-state index contributed by atoms with van der Waals surface area (Å²) in [6, 6.07) is 15.1. The molecule has 0 saturated heterocycles. The van der Waals surface area contributed by atoms with Crippen molar-refractivity contribution >= 4 is 17.5 Å². The molecule has 0 spiro atoms. The van der Waals surface area contributed by atoms with E-state index in [4.69, 9.17) is 11.6 Å². The molecule has 116 valence electrons. The van der Waals surface area contributed by atoms with Crippen LogP contribution in [0.4, 0.5) is 0 Å². The predicted molar refractivity (Wildman–Crippen MR) is 88.7 cm³/mol. The standard InChI is InChI=1S/C17H15ClN4O/c1-12-2-8-15(9-3-12)22-11-16(20-21-22)17(23)19-10-13-4-6-14(18)7-5-13/h2-9,11H,10H2,1H3,(H,19,23). The molecule has 0 aliphatic heterocycles. The van der Waals surface area contributed by atoms with Crippen LogP contribution in [-0.4, -0.2) is 20.9 Å². The number of amides is 1. The fourth-order valence-electron chi connectivity index (χ4n) is 2.07. The van der Waals surface area contributed by atoms with Crippen molar-refractivity contribution in [1.82, 2.24) is 20.3 Å². The Kier molecular flexibility index (Phi) is 4.39. The molecule has 1 N–H and O–H groups in total. The summed E-state index contributed by atoms with van der Waals surface area (Å²) in [5.74, 6) is -0.265. The zero-order valence-corrected chi connectivity index (χ0v) is 13.3. The summed E-state index contributed by atoms with van der Waals surface area (Å²) in [4.78, 5) is 12.1. The number of nitrogens with zero attached hydrogens (tertiary/aromatic N) is 3. The van der Waals surface area contributed by atoms with Gasteiger partial charge in [0.1, 0.15) is 0 Å². The number of aromatic nitrogens is 3. The second-order valence-corrected chi connectivity index (χ2v) is 5.63. The minimum Gasteiger partial charge on any atom is -0.347 e. The number of halogens is 1. The predicted octanol–water partition coefficient (Wildman–Crippen LogP) is 3.16. The van der Waals surface area contributed by atoms with Crippen molar-refractivity contribution in [3.8, 4) is 5.69 Å². The first-order chi connectivity index (χ1) is 11.1. The van der Waals surface area contributed by atoms with Crippen LogP contribution < -0.4 is 5.32 Å². The quantitative estimate of drug-likeness (QED) is 0.801. The smallest absolute Gasteiger partial charge is 0.273 e. The summed E-state index contributed by atoms with van der Waals surface area (Å²) >= 11 is 5.83. The van der Waals surface area contributed by atoms with Crippen LogP contribution in [0.3, 0.4) is 0 Å². The van der Waals surface area contributed by atoms with E-state index in [2.05, 4.69) is 15.6 Å². The second kappa shape index (κ2) is 6.62. The van der Waals surface area contributed by atoms with Crippen molar-refractivity contribution in [2.24, 2.45) is 0 Å². The molecule has 0 saturated carbocycles. The summed E-state index contributed by atoms with van der Waals surface area (Å²) in [6.07, 6.45) is 1.61. The van der Waals surface area contributed by atoms with E-state index >= 15 is 0 Å². The molecule has 1 aromatic heterocycles. The molecule has 0 atom stereocenters. The Morgan fingerprint density at radius 2 is 1.83 bits per heavy atom. The third-order valence-electron chi connectivity index (χ3n) is 3.39. The average Bonchev–Trinajstić information content (AvgIpc) is 3.05. The number of carbonyl (C=O) groups is 1. The Bertz CT molecular complexity index is 809. The van der Waals surface area contributed by atoms with Crippen molar-refractivity contribution in [2.75, 3.05) is 0 Å². The molecule has 1 heterocycles. The van der Waals surface area contributed by atoms with Gasteiger partial charge in [-0.1, -0.05) is 46.6 Å². The highest BCUT2D eigenvalue weighted by atomic mass is 35.5. The lowest BCUT2D eigenvalue weighted by Gasteiger charge is -2.03. The number of carbonyl (C=O) groups excluding carboxylic acids is 1. The molecule has 0 aliphatic carbocycles. The molecule has 6 heteroatoms. The number of aryl methyl sites for hydroxylation is 1. The number of benzene rings is 2. The maximum absolute atomic E-state index is 12.1. The molecule has 0 aliphatic rings. The van der Waals surface area contributed by atoms with E-state index < -0.39 is 0 Å². The molecule has 1 amide bonds. The number of hydrogen-bond donors (Lipinski definition) is 1. The summed E-state index contributed by atoms with van der Waals surface area (Å²) in [6.45, 7) is 2.42. The second-order valence-electron chi connectivity index (χ2n) is 5.19. The van der Waals surface area contributed by atoms with Gasteiger partial charge in [-0.2, -0.15) is 0 Å². The van der Waals surface area contributed by atoms with E-state index in [-0.39, 0.29) is 11.6 Å². The van der Waals surface area contributed by atoms with Gasteiger partial charge in [-0.3, -0.25) is 4.79 Å². The highest BCUT2D eigenvalue weighted by molar-refractivity contribution is 6.30. The molecular formula is C17H15ClN4O. The normalized spacial score (nSPS) is 10.5. The summed E-state index contributed by atoms with van der Waals surface area (Å²) in [5, 5.41) is 11.4. The Balaban J connectivity index is 1.66. The van der Waals surface area contributed by atoms with Gasteiger partial charge in [-0.05, 0) is 36.8 Å². The van der Waals surface area contributed by atoms with Crippen molar-refractivity contribution in [3.63, 3.8) is 0 Å². The molecule has 0 bridgehead atoms. The van der Waals surface area contributed by atoms with E-state index in [9.17, 15) is 4.79 Å². The van der Waals surface area contributed by atoms with Gasteiger partial charge in [0.15, 0.2) is 5.69 Å². The topological polar surface area (TPSA) is 59.8 Å². The average molecular weight is 327 g/mol. The Hall–Kier alpha value is -2.66. The number of nitrogens with one attached hydrogen (secondary N) is 1. The molecule has 3 aromatic rings. The van der Waals surface area contributed by atoms with Gasteiger partial charge in [0.05, 0.1) is 11.9 Å². The summed E-state index contributed by atoms with van der Waals surface area (Å²) in [7, 11) is 0. The third-order valence-corrected chi connectivity index (χ3v) is 3.64. The lowest BCUT2D eigenvalue weighted by Crippen LogP contribution is -2.23. The van der Waals surface area contributed by atoms with Crippen LogP contribution in [0, 0.1) is 6.92 Å². The zero-order valence-electron chi connectivity index (χ0n) is 12.5. The van der Waals surface area contributed by atoms with Gasteiger partial charge in [0.2, 0.25) is 0 Å². The number of rotatable bonds is 4. The van der Waals surface area contributed by atoms with Crippen LogP contribution in [0.1, 0.15) is 21.6 Å². The van der Waals surface area contributed by atoms with E-state index in [1.807, 2.05) is 43.3 Å². The lowest BCUT2D eigenvalue weighted by molar-refractivity contribution is 0.0946. The van der Waals surface area contributed by atoms with E-state index in [1.54, 1.807) is 23.0 Å². The van der Waals surface area contributed by atoms with Crippen molar-refractivity contribution in [2.45, 2.75) is 13.5 Å². The summed E-state index contributed by atoms with van der Waals surface area (Å²) in [5.41, 5.74) is 3.27. The molecule has 0 unspecified atom stereocenters. The minimum absolute atomic E-state index is 0.265. The van der Waals surface area contributed by atoms with E-state index in [0.29, 0.717) is 11.6 Å². The van der Waals surface area contributed by atoms with Crippen molar-refractivity contribution in [1.29, 1.82) is 0 Å². The molecule has 0 fully saturated rings. The third kappa shape index (κ3) is 3.76. The first-order valence-electron chi connectivity index (χ1n) is 7.14.